The van der Waals surface area contributed by atoms with Crippen LogP contribution in [0.5, 0.6) is 0 Å². The van der Waals surface area contributed by atoms with Gasteiger partial charge in [0, 0.05) is 11.1 Å². The predicted molar refractivity (Wildman–Crippen MR) is 81.4 cm³/mol. The normalized spacial score (nSPS) is 11.9. The van der Waals surface area contributed by atoms with Gasteiger partial charge < -0.3 is 15.8 Å². The molecule has 106 valence electrons. The fourth-order valence-corrected chi connectivity index (χ4v) is 2.65. The van der Waals surface area contributed by atoms with Crippen molar-refractivity contribution in [2.75, 3.05) is 18.2 Å². The van der Waals surface area contributed by atoms with Gasteiger partial charge in [0.15, 0.2) is 5.82 Å². The summed E-state index contributed by atoms with van der Waals surface area (Å²) in [5, 5.41) is 4.49. The van der Waals surface area contributed by atoms with E-state index in [1.807, 2.05) is 31.2 Å². The molecule has 0 aliphatic rings. The van der Waals surface area contributed by atoms with Gasteiger partial charge in [-0.25, -0.2) is 4.79 Å². The lowest BCUT2D eigenvalue weighted by molar-refractivity contribution is 0.0603. The van der Waals surface area contributed by atoms with Gasteiger partial charge >= 0.3 is 5.97 Å². The highest BCUT2D eigenvalue weighted by atomic mass is 35.5. The van der Waals surface area contributed by atoms with E-state index >= 15 is 0 Å². The first-order chi connectivity index (χ1) is 9.52. The van der Waals surface area contributed by atoms with Crippen LogP contribution in [0.25, 0.3) is 0 Å². The van der Waals surface area contributed by atoms with E-state index in [0.29, 0.717) is 10.0 Å². The summed E-state index contributed by atoms with van der Waals surface area (Å²) in [4.78, 5) is 11.7. The highest BCUT2D eigenvalue weighted by Crippen LogP contribution is 2.31. The zero-order chi connectivity index (χ0) is 14.7. The number of nitrogen functional groups attached to an aromatic ring is 1. The Morgan fingerprint density at radius 3 is 2.70 bits per heavy atom. The molecule has 20 heavy (non-hydrogen) atoms. The highest BCUT2D eigenvalue weighted by Gasteiger charge is 2.21. The molecule has 3 N–H and O–H groups in total. The number of carbonyl (C=O) groups excluding carboxylic acids is 1. The van der Waals surface area contributed by atoms with Gasteiger partial charge in [0.1, 0.15) is 10.6 Å². The van der Waals surface area contributed by atoms with Crippen LogP contribution < -0.4 is 11.1 Å². The van der Waals surface area contributed by atoms with Crippen LogP contribution >= 0.6 is 23.1 Å². The van der Waals surface area contributed by atoms with Gasteiger partial charge in [0.25, 0.3) is 0 Å². The van der Waals surface area contributed by atoms with Crippen molar-refractivity contribution >= 4 is 39.9 Å². The Morgan fingerprint density at radius 1 is 1.45 bits per heavy atom. The maximum absolute atomic E-state index is 11.7. The summed E-state index contributed by atoms with van der Waals surface area (Å²) in [6, 6.07) is 7.45. The van der Waals surface area contributed by atoms with Gasteiger partial charge in [-0.1, -0.05) is 23.7 Å². The highest BCUT2D eigenvalue weighted by molar-refractivity contribution is 7.11. The maximum atomic E-state index is 11.7. The molecule has 5 nitrogen and oxygen atoms in total. The number of aromatic nitrogens is 1. The zero-order valence-corrected chi connectivity index (χ0v) is 12.6. The Kier molecular flexibility index (Phi) is 4.46. The first-order valence-electron chi connectivity index (χ1n) is 5.88. The summed E-state index contributed by atoms with van der Waals surface area (Å²) in [7, 11) is 1.31. The van der Waals surface area contributed by atoms with Crippen LogP contribution in [0, 0.1) is 0 Å². The number of halogens is 1. The lowest BCUT2D eigenvalue weighted by Gasteiger charge is -2.15. The van der Waals surface area contributed by atoms with Crippen LogP contribution in [0.1, 0.15) is 28.9 Å². The summed E-state index contributed by atoms with van der Waals surface area (Å²) in [5.41, 5.74) is 7.01. The second-order valence-corrected chi connectivity index (χ2v) is 5.39. The van der Waals surface area contributed by atoms with Crippen molar-refractivity contribution in [2.45, 2.75) is 13.0 Å². The number of ether oxygens (including phenoxy) is 1. The minimum absolute atomic E-state index is 0.0180. The average molecular weight is 312 g/mol. The molecule has 2 rings (SSSR count). The van der Waals surface area contributed by atoms with Crippen LogP contribution in [-0.4, -0.2) is 17.5 Å². The van der Waals surface area contributed by atoms with Crippen LogP contribution in [0.3, 0.4) is 0 Å². The molecule has 0 fully saturated rings. The van der Waals surface area contributed by atoms with E-state index < -0.39 is 5.97 Å². The number of hydrogen-bond donors (Lipinski definition) is 2. The molecule has 0 aliphatic carbocycles. The molecule has 7 heteroatoms. The predicted octanol–water partition coefficient (Wildman–Crippen LogP) is 3.34. The van der Waals surface area contributed by atoms with Gasteiger partial charge in [-0.2, -0.15) is 4.37 Å². The molecule has 0 amide bonds. The Bertz CT molecular complexity index is 613. The molecular formula is C13H14ClN3O2S. The van der Waals surface area contributed by atoms with Crippen molar-refractivity contribution in [3.63, 3.8) is 0 Å². The third-order valence-corrected chi connectivity index (χ3v) is 3.87. The maximum Gasteiger partial charge on any atom is 0.344 e. The topological polar surface area (TPSA) is 77.2 Å². The number of nitrogens with one attached hydrogen (secondary N) is 1. The number of benzene rings is 1. The van der Waals surface area contributed by atoms with Gasteiger partial charge in [-0.15, -0.1) is 0 Å². The minimum atomic E-state index is -0.498. The van der Waals surface area contributed by atoms with E-state index in [0.717, 1.165) is 17.1 Å². The smallest absolute Gasteiger partial charge is 0.344 e. The van der Waals surface area contributed by atoms with E-state index in [9.17, 15) is 4.79 Å². The molecule has 1 heterocycles. The Labute approximate surface area is 125 Å². The van der Waals surface area contributed by atoms with E-state index in [-0.39, 0.29) is 17.4 Å². The van der Waals surface area contributed by atoms with E-state index in [4.69, 9.17) is 22.1 Å². The Balaban J connectivity index is 2.22. The lowest BCUT2D eigenvalue weighted by atomic mass is 10.1. The van der Waals surface area contributed by atoms with Crippen molar-refractivity contribution in [1.82, 2.24) is 4.37 Å². The molecule has 1 atom stereocenters. The first-order valence-corrected chi connectivity index (χ1v) is 7.03. The fourth-order valence-electron chi connectivity index (χ4n) is 1.73. The number of anilines is 2. The molecule has 1 unspecified atom stereocenters. The molecular weight excluding hydrogens is 298 g/mol. The molecule has 0 spiro atoms. The van der Waals surface area contributed by atoms with Crippen molar-refractivity contribution in [3.8, 4) is 0 Å². The second-order valence-electron chi connectivity index (χ2n) is 4.18. The molecule has 0 bridgehead atoms. The summed E-state index contributed by atoms with van der Waals surface area (Å²) < 4.78 is 8.69. The SMILES string of the molecule is COC(=O)c1c(N)nsc1NC(C)c1ccc(Cl)cc1. The number of hydrogen-bond acceptors (Lipinski definition) is 6. The van der Waals surface area contributed by atoms with E-state index in [2.05, 4.69) is 9.69 Å². The van der Waals surface area contributed by atoms with Crippen LogP contribution in [-0.2, 0) is 4.74 Å². The second kappa shape index (κ2) is 6.11. The molecule has 1 aromatic carbocycles. The molecule has 2 aromatic rings. The van der Waals surface area contributed by atoms with Crippen LogP contribution in [0.4, 0.5) is 10.8 Å². The number of methoxy groups -OCH3 is 1. The van der Waals surface area contributed by atoms with Crippen molar-refractivity contribution in [2.24, 2.45) is 0 Å². The standard InChI is InChI=1S/C13H14ClN3O2S/c1-7(8-3-5-9(14)6-4-8)16-12-10(13(18)19-2)11(15)17-20-12/h3-7,16H,1-2H3,(H2,15,17). The monoisotopic (exact) mass is 311 g/mol. The van der Waals surface area contributed by atoms with Crippen molar-refractivity contribution in [3.05, 3.63) is 40.4 Å². The molecule has 0 saturated carbocycles. The molecule has 0 aliphatic heterocycles. The summed E-state index contributed by atoms with van der Waals surface area (Å²) >= 11 is 6.99. The van der Waals surface area contributed by atoms with Gasteiger partial charge in [-0.3, -0.25) is 0 Å². The Hall–Kier alpha value is -1.79. The van der Waals surface area contributed by atoms with E-state index in [1.165, 1.54) is 7.11 Å². The van der Waals surface area contributed by atoms with Gasteiger partial charge in [-0.05, 0) is 36.2 Å². The number of rotatable bonds is 4. The summed E-state index contributed by atoms with van der Waals surface area (Å²) in [6.07, 6.45) is 0. The van der Waals surface area contributed by atoms with Gasteiger partial charge in [0.2, 0.25) is 0 Å². The molecule has 0 saturated heterocycles. The zero-order valence-electron chi connectivity index (χ0n) is 11.0. The summed E-state index contributed by atoms with van der Waals surface area (Å²) in [5.74, 6) is -0.324. The van der Waals surface area contributed by atoms with Gasteiger partial charge in [0.05, 0.1) is 7.11 Å². The minimum Gasteiger partial charge on any atom is -0.465 e. The number of nitrogens with zero attached hydrogens (tertiary/aromatic N) is 1. The lowest BCUT2D eigenvalue weighted by Crippen LogP contribution is -2.11. The van der Waals surface area contributed by atoms with Crippen LogP contribution in [0.15, 0.2) is 24.3 Å². The Morgan fingerprint density at radius 2 is 2.10 bits per heavy atom. The van der Waals surface area contributed by atoms with Crippen molar-refractivity contribution < 1.29 is 9.53 Å². The third-order valence-electron chi connectivity index (χ3n) is 2.83. The molecule has 1 aromatic heterocycles. The molecule has 0 radical (unpaired) electrons. The third kappa shape index (κ3) is 3.02. The average Bonchev–Trinajstić information content (AvgIpc) is 2.79. The quantitative estimate of drug-likeness (QED) is 0.847. The largest absolute Gasteiger partial charge is 0.465 e. The fraction of sp³-hybridized carbons (Fsp3) is 0.231. The van der Waals surface area contributed by atoms with E-state index in [1.54, 1.807) is 0 Å². The van der Waals surface area contributed by atoms with Crippen molar-refractivity contribution in [1.29, 1.82) is 0 Å². The number of carbonyl (C=O) groups is 1. The first kappa shape index (κ1) is 14.6. The summed E-state index contributed by atoms with van der Waals surface area (Å²) in [6.45, 7) is 1.97. The number of nitrogens with two attached hydrogens (primary N) is 1. The number of esters is 1. The van der Waals surface area contributed by atoms with Crippen LogP contribution in [0.2, 0.25) is 5.02 Å².